The molecule has 1 amide bonds. The summed E-state index contributed by atoms with van der Waals surface area (Å²) in [5, 5.41) is 7.17. The van der Waals surface area contributed by atoms with Gasteiger partial charge in [0.1, 0.15) is 5.01 Å². The van der Waals surface area contributed by atoms with E-state index in [9.17, 15) is 4.79 Å². The SMILES string of the molecule is CC(C(=O)Nc1ccccc1)c1nc2c(s1)CNCC2. The average molecular weight is 287 g/mol. The molecule has 0 bridgehead atoms. The second-order valence-electron chi connectivity index (χ2n) is 4.93. The summed E-state index contributed by atoms with van der Waals surface area (Å²) in [6.45, 7) is 3.76. The molecule has 0 saturated carbocycles. The van der Waals surface area contributed by atoms with Gasteiger partial charge in [-0.15, -0.1) is 11.3 Å². The lowest BCUT2D eigenvalue weighted by Crippen LogP contribution is -2.22. The first-order valence-electron chi connectivity index (χ1n) is 6.79. The lowest BCUT2D eigenvalue weighted by Gasteiger charge is -2.09. The highest BCUT2D eigenvalue weighted by Crippen LogP contribution is 2.27. The number of amides is 1. The number of thiazole rings is 1. The predicted molar refractivity (Wildman–Crippen MR) is 81.0 cm³/mol. The third-order valence-electron chi connectivity index (χ3n) is 3.42. The van der Waals surface area contributed by atoms with Crippen LogP contribution >= 0.6 is 11.3 Å². The van der Waals surface area contributed by atoms with Crippen LogP contribution in [0.3, 0.4) is 0 Å². The fourth-order valence-electron chi connectivity index (χ4n) is 2.21. The van der Waals surface area contributed by atoms with Crippen molar-refractivity contribution in [2.75, 3.05) is 11.9 Å². The van der Waals surface area contributed by atoms with E-state index in [0.29, 0.717) is 0 Å². The quantitative estimate of drug-likeness (QED) is 0.912. The van der Waals surface area contributed by atoms with E-state index in [-0.39, 0.29) is 11.8 Å². The summed E-state index contributed by atoms with van der Waals surface area (Å²) in [5.41, 5.74) is 1.98. The van der Waals surface area contributed by atoms with Gasteiger partial charge in [0.05, 0.1) is 11.6 Å². The summed E-state index contributed by atoms with van der Waals surface area (Å²) in [6, 6.07) is 9.53. The van der Waals surface area contributed by atoms with Crippen LogP contribution in [0.2, 0.25) is 0 Å². The Balaban J connectivity index is 1.73. The molecule has 2 N–H and O–H groups in total. The molecule has 4 nitrogen and oxygen atoms in total. The van der Waals surface area contributed by atoms with Gasteiger partial charge in [-0.05, 0) is 19.1 Å². The van der Waals surface area contributed by atoms with Crippen LogP contribution in [-0.2, 0) is 17.8 Å². The van der Waals surface area contributed by atoms with Crippen molar-refractivity contribution < 1.29 is 4.79 Å². The largest absolute Gasteiger partial charge is 0.325 e. The molecule has 0 aliphatic carbocycles. The van der Waals surface area contributed by atoms with Crippen molar-refractivity contribution in [3.05, 3.63) is 45.9 Å². The van der Waals surface area contributed by atoms with Crippen molar-refractivity contribution in [1.82, 2.24) is 10.3 Å². The van der Waals surface area contributed by atoms with Crippen LogP contribution in [0.25, 0.3) is 0 Å². The van der Waals surface area contributed by atoms with E-state index in [4.69, 9.17) is 0 Å². The molecule has 2 aromatic rings. The maximum Gasteiger partial charge on any atom is 0.234 e. The number of carbonyl (C=O) groups excluding carboxylic acids is 1. The average Bonchev–Trinajstić information content (AvgIpc) is 2.91. The van der Waals surface area contributed by atoms with Crippen LogP contribution in [0.15, 0.2) is 30.3 Å². The number of para-hydroxylation sites is 1. The van der Waals surface area contributed by atoms with E-state index < -0.39 is 0 Å². The Hall–Kier alpha value is -1.72. The first-order valence-corrected chi connectivity index (χ1v) is 7.61. The number of benzene rings is 1. The van der Waals surface area contributed by atoms with Crippen LogP contribution in [0.5, 0.6) is 0 Å². The number of hydrogen-bond donors (Lipinski definition) is 2. The van der Waals surface area contributed by atoms with E-state index in [0.717, 1.165) is 35.9 Å². The van der Waals surface area contributed by atoms with Crippen LogP contribution in [0, 0.1) is 0 Å². The van der Waals surface area contributed by atoms with Gasteiger partial charge in [-0.3, -0.25) is 4.79 Å². The number of rotatable bonds is 3. The van der Waals surface area contributed by atoms with E-state index in [1.807, 2.05) is 37.3 Å². The number of nitrogens with one attached hydrogen (secondary N) is 2. The standard InChI is InChI=1S/C15H17N3OS/c1-10(14(19)17-11-5-3-2-4-6-11)15-18-12-7-8-16-9-13(12)20-15/h2-6,10,16H,7-9H2,1H3,(H,17,19). The van der Waals surface area contributed by atoms with Crippen LogP contribution in [-0.4, -0.2) is 17.4 Å². The monoisotopic (exact) mass is 287 g/mol. The molecule has 104 valence electrons. The summed E-state index contributed by atoms with van der Waals surface area (Å²) in [4.78, 5) is 18.2. The van der Waals surface area contributed by atoms with Gasteiger partial charge in [-0.1, -0.05) is 18.2 Å². The smallest absolute Gasteiger partial charge is 0.234 e. The molecule has 5 heteroatoms. The number of carbonyl (C=O) groups is 1. The third kappa shape index (κ3) is 2.73. The van der Waals surface area contributed by atoms with Crippen molar-refractivity contribution in [3.63, 3.8) is 0 Å². The van der Waals surface area contributed by atoms with E-state index in [1.54, 1.807) is 11.3 Å². The van der Waals surface area contributed by atoms with Gasteiger partial charge < -0.3 is 10.6 Å². The van der Waals surface area contributed by atoms with Crippen molar-refractivity contribution in [1.29, 1.82) is 0 Å². The highest BCUT2D eigenvalue weighted by molar-refractivity contribution is 7.12. The maximum absolute atomic E-state index is 12.3. The van der Waals surface area contributed by atoms with Gasteiger partial charge in [0, 0.05) is 30.1 Å². The van der Waals surface area contributed by atoms with Crippen molar-refractivity contribution in [3.8, 4) is 0 Å². The summed E-state index contributed by atoms with van der Waals surface area (Å²) in [6.07, 6.45) is 0.957. The second-order valence-corrected chi connectivity index (χ2v) is 6.04. The molecule has 3 rings (SSSR count). The highest BCUT2D eigenvalue weighted by atomic mass is 32.1. The van der Waals surface area contributed by atoms with E-state index >= 15 is 0 Å². The zero-order valence-electron chi connectivity index (χ0n) is 11.3. The molecule has 1 atom stereocenters. The summed E-state index contributed by atoms with van der Waals surface area (Å²) in [5.74, 6) is -0.221. The zero-order valence-corrected chi connectivity index (χ0v) is 12.2. The van der Waals surface area contributed by atoms with Crippen LogP contribution < -0.4 is 10.6 Å². The number of anilines is 1. The zero-order chi connectivity index (χ0) is 13.9. The molecule has 0 spiro atoms. The number of fused-ring (bicyclic) bond motifs is 1. The lowest BCUT2D eigenvalue weighted by molar-refractivity contribution is -0.117. The molecule has 0 saturated heterocycles. The number of nitrogens with zero attached hydrogens (tertiary/aromatic N) is 1. The molecule has 20 heavy (non-hydrogen) atoms. The van der Waals surface area contributed by atoms with Crippen molar-refractivity contribution in [2.24, 2.45) is 0 Å². The van der Waals surface area contributed by atoms with Gasteiger partial charge in [-0.25, -0.2) is 4.98 Å². The van der Waals surface area contributed by atoms with E-state index in [1.165, 1.54) is 4.88 Å². The Morgan fingerprint density at radius 1 is 1.40 bits per heavy atom. The normalized spacial score (nSPS) is 15.4. The minimum absolute atomic E-state index is 0.00439. The molecule has 0 radical (unpaired) electrons. The molecule has 1 unspecified atom stereocenters. The summed E-state index contributed by atoms with van der Waals surface area (Å²) >= 11 is 1.65. The van der Waals surface area contributed by atoms with Crippen LogP contribution in [0.1, 0.15) is 28.4 Å². The molecule has 1 aliphatic rings. The molecule has 1 aromatic heterocycles. The van der Waals surface area contributed by atoms with Crippen molar-refractivity contribution >= 4 is 22.9 Å². The first-order chi connectivity index (χ1) is 9.74. The molecular formula is C15H17N3OS. The van der Waals surface area contributed by atoms with Gasteiger partial charge in [0.25, 0.3) is 0 Å². The molecule has 1 aromatic carbocycles. The van der Waals surface area contributed by atoms with Gasteiger partial charge in [0.2, 0.25) is 5.91 Å². The van der Waals surface area contributed by atoms with Crippen LogP contribution in [0.4, 0.5) is 5.69 Å². The van der Waals surface area contributed by atoms with Crippen molar-refractivity contribution in [2.45, 2.75) is 25.8 Å². The number of hydrogen-bond acceptors (Lipinski definition) is 4. The Morgan fingerprint density at radius 3 is 2.95 bits per heavy atom. The minimum Gasteiger partial charge on any atom is -0.325 e. The highest BCUT2D eigenvalue weighted by Gasteiger charge is 2.22. The fraction of sp³-hybridized carbons (Fsp3) is 0.333. The van der Waals surface area contributed by atoms with E-state index in [2.05, 4.69) is 15.6 Å². The fourth-order valence-corrected chi connectivity index (χ4v) is 3.35. The Kier molecular flexibility index (Phi) is 3.80. The Labute approximate surface area is 122 Å². The molecular weight excluding hydrogens is 270 g/mol. The summed E-state index contributed by atoms with van der Waals surface area (Å²) < 4.78 is 0. The molecule has 2 heterocycles. The van der Waals surface area contributed by atoms with Gasteiger partial charge >= 0.3 is 0 Å². The number of aromatic nitrogens is 1. The third-order valence-corrected chi connectivity index (χ3v) is 4.70. The Bertz CT molecular complexity index is 585. The second kappa shape index (κ2) is 5.73. The summed E-state index contributed by atoms with van der Waals surface area (Å²) in [7, 11) is 0. The maximum atomic E-state index is 12.3. The van der Waals surface area contributed by atoms with Gasteiger partial charge in [0.15, 0.2) is 0 Å². The topological polar surface area (TPSA) is 54.0 Å². The predicted octanol–water partition coefficient (Wildman–Crippen LogP) is 2.53. The molecule has 0 fully saturated rings. The minimum atomic E-state index is -0.217. The van der Waals surface area contributed by atoms with Gasteiger partial charge in [-0.2, -0.15) is 0 Å². The Morgan fingerprint density at radius 2 is 2.20 bits per heavy atom. The lowest BCUT2D eigenvalue weighted by atomic mass is 10.1. The molecule has 1 aliphatic heterocycles. The first kappa shape index (κ1) is 13.3.